The van der Waals surface area contributed by atoms with Crippen molar-refractivity contribution in [3.8, 4) is 0 Å². The second-order valence-corrected chi connectivity index (χ2v) is 9.60. The number of hydrogen-bond donors (Lipinski definition) is 1. The highest BCUT2D eigenvalue weighted by Crippen LogP contribution is 2.29. The molecule has 174 valence electrons. The molecule has 4 rings (SSSR count). The number of carbonyl (C=O) groups excluding carboxylic acids is 2. The van der Waals surface area contributed by atoms with Crippen molar-refractivity contribution >= 4 is 46.0 Å². The van der Waals surface area contributed by atoms with Gasteiger partial charge in [-0.25, -0.2) is 4.99 Å². The van der Waals surface area contributed by atoms with Gasteiger partial charge in [0, 0.05) is 24.5 Å². The largest absolute Gasteiger partial charge is 0.355 e. The van der Waals surface area contributed by atoms with Crippen LogP contribution in [-0.2, 0) is 22.4 Å². The molecule has 1 atom stereocenters. The number of halogens is 1. The summed E-state index contributed by atoms with van der Waals surface area (Å²) in [4.78, 5) is 32.4. The number of aliphatic imine (C=N–C) groups is 1. The van der Waals surface area contributed by atoms with Crippen molar-refractivity contribution in [1.82, 2.24) is 10.2 Å². The quantitative estimate of drug-likeness (QED) is 0.467. The SMILES string of the molecule is O=C(NCCc1ccccc1)[C@H]1CC(=O)N(CCc2ccccc2)C(=Nc2ccc(Cl)cc2)S1. The van der Waals surface area contributed by atoms with E-state index in [4.69, 9.17) is 16.6 Å². The van der Waals surface area contributed by atoms with Crippen LogP contribution >= 0.6 is 23.4 Å². The van der Waals surface area contributed by atoms with Gasteiger partial charge < -0.3 is 5.32 Å². The molecule has 1 heterocycles. The molecule has 0 aliphatic carbocycles. The highest BCUT2D eigenvalue weighted by molar-refractivity contribution is 8.15. The Bertz CT molecular complexity index is 1140. The first-order chi connectivity index (χ1) is 16.6. The van der Waals surface area contributed by atoms with Crippen LogP contribution in [0.15, 0.2) is 89.9 Å². The molecule has 1 saturated heterocycles. The van der Waals surface area contributed by atoms with Crippen LogP contribution in [-0.4, -0.2) is 40.2 Å². The average molecular weight is 492 g/mol. The number of hydrogen-bond acceptors (Lipinski definition) is 4. The van der Waals surface area contributed by atoms with E-state index in [0.717, 1.165) is 17.5 Å². The highest BCUT2D eigenvalue weighted by Gasteiger charge is 2.35. The van der Waals surface area contributed by atoms with E-state index in [-0.39, 0.29) is 18.2 Å². The summed E-state index contributed by atoms with van der Waals surface area (Å²) in [6.45, 7) is 1.03. The Morgan fingerprint density at radius 1 is 0.941 bits per heavy atom. The maximum atomic E-state index is 13.1. The van der Waals surface area contributed by atoms with E-state index in [1.165, 1.54) is 11.8 Å². The molecule has 1 aliphatic heterocycles. The Morgan fingerprint density at radius 3 is 2.21 bits per heavy atom. The molecule has 1 N–H and O–H groups in total. The van der Waals surface area contributed by atoms with Gasteiger partial charge in [-0.2, -0.15) is 0 Å². The third-order valence-corrected chi connectivity index (χ3v) is 6.95. The van der Waals surface area contributed by atoms with E-state index in [1.54, 1.807) is 29.2 Å². The molecule has 1 fully saturated rings. The normalized spacial score (nSPS) is 17.1. The Hall–Kier alpha value is -3.09. The maximum absolute atomic E-state index is 13.1. The van der Waals surface area contributed by atoms with Crippen LogP contribution in [0.3, 0.4) is 0 Å². The first kappa shape index (κ1) is 24.0. The fourth-order valence-corrected chi connectivity index (χ4v) is 4.94. The summed E-state index contributed by atoms with van der Waals surface area (Å²) >= 11 is 7.35. The summed E-state index contributed by atoms with van der Waals surface area (Å²) in [7, 11) is 0. The summed E-state index contributed by atoms with van der Waals surface area (Å²) in [6.07, 6.45) is 1.60. The van der Waals surface area contributed by atoms with E-state index in [9.17, 15) is 9.59 Å². The smallest absolute Gasteiger partial charge is 0.234 e. The minimum absolute atomic E-state index is 0.0920. The zero-order valence-corrected chi connectivity index (χ0v) is 20.3. The number of amides is 2. The van der Waals surface area contributed by atoms with Crippen molar-refractivity contribution in [1.29, 1.82) is 0 Å². The van der Waals surface area contributed by atoms with Crippen LogP contribution < -0.4 is 5.32 Å². The molecule has 0 bridgehead atoms. The lowest BCUT2D eigenvalue weighted by Gasteiger charge is -2.32. The number of amidine groups is 1. The van der Waals surface area contributed by atoms with E-state index >= 15 is 0 Å². The standard InChI is InChI=1S/C27H26ClN3O2S/c28-22-11-13-23(14-12-22)30-27-31(18-16-21-9-5-2-6-10-21)25(32)19-24(34-27)26(33)29-17-15-20-7-3-1-4-8-20/h1-14,24H,15-19H2,(H,29,33)/t24-/m1/s1. The van der Waals surface area contributed by atoms with E-state index in [0.29, 0.717) is 35.4 Å². The van der Waals surface area contributed by atoms with Gasteiger partial charge in [-0.3, -0.25) is 14.5 Å². The number of nitrogens with one attached hydrogen (secondary N) is 1. The van der Waals surface area contributed by atoms with E-state index in [2.05, 4.69) is 5.32 Å². The van der Waals surface area contributed by atoms with Gasteiger partial charge in [0.1, 0.15) is 0 Å². The van der Waals surface area contributed by atoms with Crippen LogP contribution in [0.4, 0.5) is 5.69 Å². The van der Waals surface area contributed by atoms with Crippen molar-refractivity contribution in [3.63, 3.8) is 0 Å². The lowest BCUT2D eigenvalue weighted by molar-refractivity contribution is -0.130. The van der Waals surface area contributed by atoms with Crippen LogP contribution in [0.25, 0.3) is 0 Å². The molecule has 2 amide bonds. The number of thioether (sulfide) groups is 1. The number of rotatable bonds is 8. The topological polar surface area (TPSA) is 61.8 Å². The first-order valence-corrected chi connectivity index (χ1v) is 12.5. The monoisotopic (exact) mass is 491 g/mol. The van der Waals surface area contributed by atoms with Crippen LogP contribution in [0.5, 0.6) is 0 Å². The third-order valence-electron chi connectivity index (χ3n) is 5.51. The second kappa shape index (κ2) is 11.9. The van der Waals surface area contributed by atoms with Crippen molar-refractivity contribution < 1.29 is 9.59 Å². The number of benzene rings is 3. The molecule has 0 radical (unpaired) electrons. The lowest BCUT2D eigenvalue weighted by Crippen LogP contribution is -2.47. The van der Waals surface area contributed by atoms with Gasteiger partial charge in [0.25, 0.3) is 0 Å². The maximum Gasteiger partial charge on any atom is 0.234 e. The summed E-state index contributed by atoms with van der Waals surface area (Å²) in [6, 6.07) is 27.2. The van der Waals surface area contributed by atoms with E-state index < -0.39 is 5.25 Å². The van der Waals surface area contributed by atoms with Gasteiger partial charge in [-0.1, -0.05) is 84.0 Å². The molecular weight excluding hydrogens is 466 g/mol. The number of carbonyl (C=O) groups is 2. The van der Waals surface area contributed by atoms with Gasteiger partial charge in [0.05, 0.1) is 10.9 Å². The summed E-state index contributed by atoms with van der Waals surface area (Å²) in [5.41, 5.74) is 2.99. The zero-order chi connectivity index (χ0) is 23.8. The summed E-state index contributed by atoms with van der Waals surface area (Å²) in [5.74, 6) is -0.230. The fraction of sp³-hybridized carbons (Fsp3) is 0.222. The molecule has 3 aromatic carbocycles. The molecule has 5 nitrogen and oxygen atoms in total. The highest BCUT2D eigenvalue weighted by atomic mass is 35.5. The minimum atomic E-state index is -0.512. The molecule has 3 aromatic rings. The van der Waals surface area contributed by atoms with Crippen molar-refractivity contribution in [2.75, 3.05) is 13.1 Å². The van der Waals surface area contributed by atoms with Crippen LogP contribution in [0.1, 0.15) is 17.5 Å². The molecule has 7 heteroatoms. The first-order valence-electron chi connectivity index (χ1n) is 11.3. The van der Waals surface area contributed by atoms with E-state index in [1.807, 2.05) is 60.7 Å². The molecule has 1 aliphatic rings. The van der Waals surface area contributed by atoms with Gasteiger partial charge in [-0.05, 0) is 48.2 Å². The Labute approximate surface area is 209 Å². The number of nitrogens with zero attached hydrogens (tertiary/aromatic N) is 2. The predicted molar refractivity (Wildman–Crippen MR) is 140 cm³/mol. The minimum Gasteiger partial charge on any atom is -0.355 e. The summed E-state index contributed by atoms with van der Waals surface area (Å²) in [5, 5.41) is 3.63. The predicted octanol–water partition coefficient (Wildman–Crippen LogP) is 5.26. The van der Waals surface area contributed by atoms with Gasteiger partial charge in [0.15, 0.2) is 5.17 Å². The molecular formula is C27H26ClN3O2S. The molecule has 0 unspecified atom stereocenters. The molecule has 0 aromatic heterocycles. The average Bonchev–Trinajstić information content (AvgIpc) is 2.86. The van der Waals surface area contributed by atoms with Gasteiger partial charge >= 0.3 is 0 Å². The van der Waals surface area contributed by atoms with Crippen molar-refractivity contribution in [3.05, 3.63) is 101 Å². The van der Waals surface area contributed by atoms with Gasteiger partial charge in [0.2, 0.25) is 11.8 Å². The Morgan fingerprint density at radius 2 is 1.56 bits per heavy atom. The van der Waals surface area contributed by atoms with Gasteiger partial charge in [-0.15, -0.1) is 0 Å². The van der Waals surface area contributed by atoms with Crippen LogP contribution in [0.2, 0.25) is 5.02 Å². The third kappa shape index (κ3) is 6.72. The lowest BCUT2D eigenvalue weighted by atomic mass is 10.1. The fourth-order valence-electron chi connectivity index (χ4n) is 3.66. The van der Waals surface area contributed by atoms with Crippen molar-refractivity contribution in [2.24, 2.45) is 4.99 Å². The molecule has 0 saturated carbocycles. The Kier molecular flexibility index (Phi) is 8.39. The molecule has 34 heavy (non-hydrogen) atoms. The zero-order valence-electron chi connectivity index (χ0n) is 18.7. The second-order valence-electron chi connectivity index (χ2n) is 7.99. The summed E-state index contributed by atoms with van der Waals surface area (Å²) < 4.78 is 0. The van der Waals surface area contributed by atoms with Crippen molar-refractivity contribution in [2.45, 2.75) is 24.5 Å². The Balaban J connectivity index is 1.46. The molecule has 0 spiro atoms. The van der Waals surface area contributed by atoms with Crippen LogP contribution in [0, 0.1) is 0 Å².